The van der Waals surface area contributed by atoms with E-state index in [1.54, 1.807) is 6.07 Å². The fraction of sp³-hybridized carbons (Fsp3) is 0.500. The largest absolute Gasteiger partial charge is 0.377 e. The van der Waals surface area contributed by atoms with Gasteiger partial charge in [0, 0.05) is 53.4 Å². The Bertz CT molecular complexity index is 1030. The Morgan fingerprint density at radius 3 is 2.59 bits per heavy atom. The van der Waals surface area contributed by atoms with Crippen molar-refractivity contribution in [3.8, 4) is 0 Å². The number of carbonyl (C=O) groups excluding carboxylic acids is 1. The molecule has 3 N–H and O–H groups in total. The summed E-state index contributed by atoms with van der Waals surface area (Å²) in [4.78, 5) is 16.7. The first-order valence-corrected chi connectivity index (χ1v) is 13.2. The molecule has 1 amide bonds. The summed E-state index contributed by atoms with van der Waals surface area (Å²) in [6.07, 6.45) is 4.05. The lowest BCUT2D eigenvalue weighted by Crippen LogP contribution is -2.56. The third kappa shape index (κ3) is 5.76. The number of halogens is 3. The first-order valence-electron chi connectivity index (χ1n) is 12.0. The van der Waals surface area contributed by atoms with Gasteiger partial charge in [-0.05, 0) is 69.0 Å². The number of benzene rings is 2. The van der Waals surface area contributed by atoms with Gasteiger partial charge in [0.1, 0.15) is 0 Å². The number of anilines is 2. The standard InChI is InChI=1S/C26H33Cl3N4O/c1-16-15-32(20-5-3-4-18(12-20)26(30)34)10-11-33(16)21-7-9-23(28)25(14-21)31-17(2)22-8-6-19(27)13-24(22)29/h6-9,13-14,16-18,20,31H,3-5,10-12,15H2,1-2H3,(H2,30,34). The van der Waals surface area contributed by atoms with E-state index in [9.17, 15) is 4.79 Å². The molecule has 0 bridgehead atoms. The molecule has 8 heteroatoms. The van der Waals surface area contributed by atoms with E-state index in [1.807, 2.05) is 18.2 Å². The van der Waals surface area contributed by atoms with Crippen molar-refractivity contribution in [3.05, 3.63) is 57.0 Å². The minimum atomic E-state index is -0.147. The van der Waals surface area contributed by atoms with Crippen LogP contribution in [0.3, 0.4) is 0 Å². The fourth-order valence-corrected chi connectivity index (χ4v) is 6.17. The lowest BCUT2D eigenvalue weighted by molar-refractivity contribution is -0.123. The van der Waals surface area contributed by atoms with E-state index in [-0.39, 0.29) is 17.9 Å². The van der Waals surface area contributed by atoms with Crippen molar-refractivity contribution in [2.75, 3.05) is 29.9 Å². The van der Waals surface area contributed by atoms with Crippen molar-refractivity contribution in [1.82, 2.24) is 4.90 Å². The van der Waals surface area contributed by atoms with Crippen molar-refractivity contribution in [2.24, 2.45) is 11.7 Å². The molecule has 0 spiro atoms. The van der Waals surface area contributed by atoms with Crippen LogP contribution in [0.1, 0.15) is 51.1 Å². The molecule has 1 aliphatic heterocycles. The second kappa shape index (κ2) is 10.9. The van der Waals surface area contributed by atoms with Crippen LogP contribution in [-0.2, 0) is 4.79 Å². The third-order valence-electron chi connectivity index (χ3n) is 7.31. The van der Waals surface area contributed by atoms with E-state index in [0.29, 0.717) is 27.2 Å². The molecule has 4 unspecified atom stereocenters. The number of nitrogens with zero attached hydrogens (tertiary/aromatic N) is 2. The molecular weight excluding hydrogens is 491 g/mol. The Balaban J connectivity index is 1.44. The predicted octanol–water partition coefficient (Wildman–Crippen LogP) is 6.37. The molecular formula is C26H33Cl3N4O. The number of hydrogen-bond donors (Lipinski definition) is 2. The molecule has 4 rings (SSSR count). The number of amides is 1. The first-order chi connectivity index (χ1) is 16.2. The van der Waals surface area contributed by atoms with E-state index in [1.165, 1.54) is 0 Å². The summed E-state index contributed by atoms with van der Waals surface area (Å²) >= 11 is 19.0. The van der Waals surface area contributed by atoms with Gasteiger partial charge in [-0.2, -0.15) is 0 Å². The normalized spacial score (nSPS) is 24.6. The molecule has 34 heavy (non-hydrogen) atoms. The van der Waals surface area contributed by atoms with Crippen LogP contribution < -0.4 is 16.0 Å². The quantitative estimate of drug-likeness (QED) is 0.461. The van der Waals surface area contributed by atoms with Gasteiger partial charge in [-0.3, -0.25) is 9.69 Å². The minimum Gasteiger partial charge on any atom is -0.377 e. The van der Waals surface area contributed by atoms with Crippen molar-refractivity contribution in [2.45, 2.75) is 57.7 Å². The molecule has 1 heterocycles. The highest BCUT2D eigenvalue weighted by Crippen LogP contribution is 2.35. The van der Waals surface area contributed by atoms with Crippen LogP contribution in [0.5, 0.6) is 0 Å². The van der Waals surface area contributed by atoms with Crippen LogP contribution in [0.25, 0.3) is 0 Å². The van der Waals surface area contributed by atoms with Gasteiger partial charge >= 0.3 is 0 Å². The average Bonchev–Trinajstić information content (AvgIpc) is 2.80. The lowest BCUT2D eigenvalue weighted by atomic mass is 9.84. The minimum absolute atomic E-state index is 0.0214. The molecule has 1 aliphatic carbocycles. The number of hydrogen-bond acceptors (Lipinski definition) is 4. The van der Waals surface area contributed by atoms with Crippen molar-refractivity contribution in [1.29, 1.82) is 0 Å². The van der Waals surface area contributed by atoms with Crippen LogP contribution in [-0.4, -0.2) is 42.5 Å². The van der Waals surface area contributed by atoms with Crippen molar-refractivity contribution < 1.29 is 4.79 Å². The molecule has 2 fully saturated rings. The Labute approximate surface area is 217 Å². The Hall–Kier alpha value is -1.66. The monoisotopic (exact) mass is 522 g/mol. The molecule has 2 aliphatic rings. The Morgan fingerprint density at radius 1 is 1.09 bits per heavy atom. The van der Waals surface area contributed by atoms with Gasteiger partial charge in [0.25, 0.3) is 0 Å². The molecule has 184 valence electrons. The summed E-state index contributed by atoms with van der Waals surface area (Å²) < 4.78 is 0. The van der Waals surface area contributed by atoms with Crippen LogP contribution in [0.4, 0.5) is 11.4 Å². The van der Waals surface area contributed by atoms with Crippen LogP contribution in [0.2, 0.25) is 15.1 Å². The highest BCUT2D eigenvalue weighted by Gasteiger charge is 2.33. The van der Waals surface area contributed by atoms with Crippen molar-refractivity contribution in [3.63, 3.8) is 0 Å². The maximum atomic E-state index is 11.7. The van der Waals surface area contributed by atoms with Gasteiger partial charge in [-0.25, -0.2) is 0 Å². The number of rotatable bonds is 6. The van der Waals surface area contributed by atoms with E-state index in [2.05, 4.69) is 41.1 Å². The molecule has 0 aromatic heterocycles. The zero-order valence-electron chi connectivity index (χ0n) is 19.7. The van der Waals surface area contributed by atoms with Crippen LogP contribution in [0.15, 0.2) is 36.4 Å². The van der Waals surface area contributed by atoms with Crippen LogP contribution >= 0.6 is 34.8 Å². The molecule has 0 radical (unpaired) electrons. The van der Waals surface area contributed by atoms with E-state index in [4.69, 9.17) is 40.5 Å². The van der Waals surface area contributed by atoms with Gasteiger partial charge in [-0.15, -0.1) is 0 Å². The maximum Gasteiger partial charge on any atom is 0.220 e. The summed E-state index contributed by atoms with van der Waals surface area (Å²) in [5.41, 5.74) is 8.59. The van der Waals surface area contributed by atoms with Crippen molar-refractivity contribution >= 4 is 52.1 Å². The third-order valence-corrected chi connectivity index (χ3v) is 8.20. The predicted molar refractivity (Wildman–Crippen MR) is 143 cm³/mol. The van der Waals surface area contributed by atoms with Crippen LogP contribution in [0, 0.1) is 5.92 Å². The lowest BCUT2D eigenvalue weighted by Gasteiger charge is -2.46. The number of nitrogens with one attached hydrogen (secondary N) is 1. The summed E-state index contributed by atoms with van der Waals surface area (Å²) in [6, 6.07) is 12.5. The van der Waals surface area contributed by atoms with Gasteiger partial charge in [0.2, 0.25) is 5.91 Å². The zero-order valence-corrected chi connectivity index (χ0v) is 22.0. The number of primary amides is 1. The summed E-state index contributed by atoms with van der Waals surface area (Å²) in [6.45, 7) is 7.20. The fourth-order valence-electron chi connectivity index (χ4n) is 5.42. The number of piperazine rings is 1. The first kappa shape index (κ1) is 25.4. The molecule has 2 aromatic carbocycles. The van der Waals surface area contributed by atoms with Gasteiger partial charge in [-0.1, -0.05) is 47.3 Å². The SMILES string of the molecule is CC(Nc1cc(N2CCN(C3CCCC(C(N)=O)C3)CC2C)ccc1Cl)c1ccc(Cl)cc1Cl. The Kier molecular flexibility index (Phi) is 8.19. The summed E-state index contributed by atoms with van der Waals surface area (Å²) in [7, 11) is 0. The smallest absolute Gasteiger partial charge is 0.220 e. The van der Waals surface area contributed by atoms with Gasteiger partial charge in [0.05, 0.1) is 16.8 Å². The topological polar surface area (TPSA) is 61.6 Å². The van der Waals surface area contributed by atoms with E-state index < -0.39 is 0 Å². The molecule has 5 nitrogen and oxygen atoms in total. The summed E-state index contributed by atoms with van der Waals surface area (Å²) in [5, 5.41) is 5.44. The molecule has 1 saturated carbocycles. The Morgan fingerprint density at radius 2 is 1.88 bits per heavy atom. The van der Waals surface area contributed by atoms with Gasteiger partial charge < -0.3 is 16.0 Å². The second-order valence-electron chi connectivity index (χ2n) is 9.65. The highest BCUT2D eigenvalue weighted by molar-refractivity contribution is 6.35. The number of carbonyl (C=O) groups is 1. The molecule has 1 saturated heterocycles. The highest BCUT2D eigenvalue weighted by atomic mass is 35.5. The molecule has 4 atom stereocenters. The zero-order chi connectivity index (χ0) is 24.4. The second-order valence-corrected chi connectivity index (χ2v) is 10.9. The average molecular weight is 524 g/mol. The molecule has 2 aromatic rings. The van der Waals surface area contributed by atoms with Gasteiger partial charge in [0.15, 0.2) is 0 Å². The maximum absolute atomic E-state index is 11.7. The number of nitrogens with two attached hydrogens (primary N) is 1. The summed E-state index contributed by atoms with van der Waals surface area (Å²) in [5.74, 6) is -0.125. The van der Waals surface area contributed by atoms with E-state index in [0.717, 1.165) is 62.3 Å². The van der Waals surface area contributed by atoms with E-state index >= 15 is 0 Å².